The minimum Gasteiger partial charge on any atom is -0.368 e. The van der Waals surface area contributed by atoms with Crippen LogP contribution in [0.5, 0.6) is 0 Å². The van der Waals surface area contributed by atoms with Gasteiger partial charge in [0.15, 0.2) is 0 Å². The first-order chi connectivity index (χ1) is 6.08. The van der Waals surface area contributed by atoms with E-state index in [1.54, 1.807) is 0 Å². The molecule has 0 aromatic rings. The summed E-state index contributed by atoms with van der Waals surface area (Å²) in [6.07, 6.45) is 0.990. The molecule has 0 aromatic carbocycles. The molecule has 0 heterocycles. The van der Waals surface area contributed by atoms with E-state index in [0.29, 0.717) is 5.92 Å². The average Bonchev–Trinajstić information content (AvgIpc) is 2.12. The second kappa shape index (κ2) is 8.06. The van der Waals surface area contributed by atoms with Crippen LogP contribution in [0.3, 0.4) is 0 Å². The number of carbonyl (C=O) groups excluding carboxylic acids is 1. The number of amides is 1. The Kier molecular flexibility index (Phi) is 9.31. The lowest BCUT2D eigenvalue weighted by molar-refractivity contribution is -0.124. The van der Waals surface area contributed by atoms with Gasteiger partial charge < -0.3 is 5.73 Å². The third-order valence-electron chi connectivity index (χ3n) is 2.68. The fraction of sp³-hybridized carbons (Fsp3) is 0.900. The van der Waals surface area contributed by atoms with Crippen molar-refractivity contribution in [3.8, 4) is 0 Å². The molecule has 0 saturated carbocycles. The molecule has 1 amide bonds. The molecule has 0 unspecified atom stereocenters. The first-order valence-electron chi connectivity index (χ1n) is 5.11. The van der Waals surface area contributed by atoms with Crippen molar-refractivity contribution in [3.05, 3.63) is 0 Å². The van der Waals surface area contributed by atoms with Crippen LogP contribution in [0.2, 0.25) is 0 Å². The summed E-state index contributed by atoms with van der Waals surface area (Å²) in [5.74, 6) is 0.149. The molecule has 0 rings (SSSR count). The number of hydrogen-bond donors (Lipinski definition) is 1. The highest BCUT2D eigenvalue weighted by molar-refractivity contribution is 5.85. The SMILES string of the molecule is CC[C@H](C)[C@@H](C(N)=O)N(CC)CC.Cl. The molecule has 86 valence electrons. The summed E-state index contributed by atoms with van der Waals surface area (Å²) < 4.78 is 0. The molecule has 0 aliphatic heterocycles. The highest BCUT2D eigenvalue weighted by Crippen LogP contribution is 2.13. The van der Waals surface area contributed by atoms with Gasteiger partial charge in [-0.3, -0.25) is 9.69 Å². The summed E-state index contributed by atoms with van der Waals surface area (Å²) >= 11 is 0. The standard InChI is InChI=1S/C10H22N2O.ClH/c1-5-8(4)9(10(11)13)12(6-2)7-3;/h8-9H,5-7H2,1-4H3,(H2,11,13);1H/t8-,9-;/m0./s1. The maximum absolute atomic E-state index is 11.2. The lowest BCUT2D eigenvalue weighted by Crippen LogP contribution is -2.48. The van der Waals surface area contributed by atoms with Crippen LogP contribution in [0.4, 0.5) is 0 Å². The van der Waals surface area contributed by atoms with E-state index < -0.39 is 0 Å². The van der Waals surface area contributed by atoms with Crippen LogP contribution in [0.15, 0.2) is 0 Å². The molecule has 4 heteroatoms. The van der Waals surface area contributed by atoms with Crippen LogP contribution < -0.4 is 5.73 Å². The van der Waals surface area contributed by atoms with Gasteiger partial charge in [-0.15, -0.1) is 12.4 Å². The highest BCUT2D eigenvalue weighted by Gasteiger charge is 2.26. The maximum atomic E-state index is 11.2. The van der Waals surface area contributed by atoms with Gasteiger partial charge in [0.25, 0.3) is 0 Å². The predicted octanol–water partition coefficient (Wildman–Crippen LogP) is 1.65. The molecule has 0 spiro atoms. The molecule has 0 fully saturated rings. The normalized spacial score (nSPS) is 14.6. The van der Waals surface area contributed by atoms with Crippen molar-refractivity contribution >= 4 is 18.3 Å². The molecule has 2 atom stereocenters. The first kappa shape index (κ1) is 16.2. The van der Waals surface area contributed by atoms with Gasteiger partial charge in [-0.1, -0.05) is 34.1 Å². The summed E-state index contributed by atoms with van der Waals surface area (Å²) in [5, 5.41) is 0. The van der Waals surface area contributed by atoms with Gasteiger partial charge in [0.1, 0.15) is 0 Å². The molecular formula is C10H23ClN2O. The molecular weight excluding hydrogens is 200 g/mol. The molecule has 0 aliphatic carbocycles. The minimum absolute atomic E-state index is 0. The van der Waals surface area contributed by atoms with Crippen LogP contribution >= 0.6 is 12.4 Å². The fourth-order valence-electron chi connectivity index (χ4n) is 1.66. The summed E-state index contributed by atoms with van der Waals surface area (Å²) in [4.78, 5) is 13.4. The monoisotopic (exact) mass is 222 g/mol. The smallest absolute Gasteiger partial charge is 0.235 e. The van der Waals surface area contributed by atoms with Gasteiger partial charge in [-0.25, -0.2) is 0 Å². The number of carbonyl (C=O) groups is 1. The Morgan fingerprint density at radius 3 is 1.93 bits per heavy atom. The van der Waals surface area contributed by atoms with Crippen molar-refractivity contribution in [2.75, 3.05) is 13.1 Å². The zero-order chi connectivity index (χ0) is 10.4. The maximum Gasteiger partial charge on any atom is 0.235 e. The van der Waals surface area contributed by atoms with Crippen LogP contribution in [0.1, 0.15) is 34.1 Å². The van der Waals surface area contributed by atoms with Crippen LogP contribution in [-0.4, -0.2) is 29.9 Å². The zero-order valence-corrected chi connectivity index (χ0v) is 10.4. The number of hydrogen-bond acceptors (Lipinski definition) is 2. The molecule has 3 nitrogen and oxygen atoms in total. The van der Waals surface area contributed by atoms with E-state index in [9.17, 15) is 4.79 Å². The summed E-state index contributed by atoms with van der Waals surface area (Å²) in [6, 6.07) is -0.0972. The Morgan fingerprint density at radius 2 is 1.71 bits per heavy atom. The summed E-state index contributed by atoms with van der Waals surface area (Å²) in [5.41, 5.74) is 5.38. The average molecular weight is 223 g/mol. The van der Waals surface area contributed by atoms with E-state index >= 15 is 0 Å². The Balaban J connectivity index is 0. The molecule has 0 radical (unpaired) electrons. The quantitative estimate of drug-likeness (QED) is 0.743. The number of nitrogens with two attached hydrogens (primary N) is 1. The largest absolute Gasteiger partial charge is 0.368 e. The number of primary amides is 1. The van der Waals surface area contributed by atoms with Gasteiger partial charge in [0.2, 0.25) is 5.91 Å². The molecule has 0 aliphatic rings. The summed E-state index contributed by atoms with van der Waals surface area (Å²) in [7, 11) is 0. The first-order valence-corrected chi connectivity index (χ1v) is 5.11. The molecule has 14 heavy (non-hydrogen) atoms. The van der Waals surface area contributed by atoms with Gasteiger partial charge >= 0.3 is 0 Å². The van der Waals surface area contributed by atoms with Crippen LogP contribution in [0, 0.1) is 5.92 Å². The van der Waals surface area contributed by atoms with E-state index in [1.807, 2.05) is 0 Å². The third kappa shape index (κ3) is 4.29. The van der Waals surface area contributed by atoms with E-state index in [0.717, 1.165) is 19.5 Å². The van der Waals surface area contributed by atoms with Crippen LogP contribution in [-0.2, 0) is 4.79 Å². The van der Waals surface area contributed by atoms with E-state index in [4.69, 9.17) is 5.73 Å². The molecule has 0 aromatic heterocycles. The van der Waals surface area contributed by atoms with Gasteiger partial charge in [-0.05, 0) is 19.0 Å². The van der Waals surface area contributed by atoms with Gasteiger partial charge in [-0.2, -0.15) is 0 Å². The lowest BCUT2D eigenvalue weighted by atomic mass is 9.97. The Bertz CT molecular complexity index is 160. The van der Waals surface area contributed by atoms with Crippen molar-refractivity contribution in [2.24, 2.45) is 11.7 Å². The topological polar surface area (TPSA) is 46.3 Å². The number of nitrogens with zero attached hydrogens (tertiary/aromatic N) is 1. The zero-order valence-electron chi connectivity index (χ0n) is 9.62. The molecule has 0 saturated heterocycles. The van der Waals surface area contributed by atoms with Gasteiger partial charge in [0.05, 0.1) is 6.04 Å². The van der Waals surface area contributed by atoms with E-state index in [2.05, 4.69) is 32.6 Å². The number of halogens is 1. The molecule has 2 N–H and O–H groups in total. The van der Waals surface area contributed by atoms with Crippen molar-refractivity contribution in [3.63, 3.8) is 0 Å². The fourth-order valence-corrected chi connectivity index (χ4v) is 1.66. The van der Waals surface area contributed by atoms with Crippen molar-refractivity contribution < 1.29 is 4.79 Å². The van der Waals surface area contributed by atoms with E-state index in [-0.39, 0.29) is 24.4 Å². The van der Waals surface area contributed by atoms with Crippen LogP contribution in [0.25, 0.3) is 0 Å². The van der Waals surface area contributed by atoms with Crippen molar-refractivity contribution in [1.82, 2.24) is 4.90 Å². The summed E-state index contributed by atoms with van der Waals surface area (Å²) in [6.45, 7) is 10.0. The van der Waals surface area contributed by atoms with Crippen molar-refractivity contribution in [2.45, 2.75) is 40.2 Å². The Labute approximate surface area is 93.4 Å². The third-order valence-corrected chi connectivity index (χ3v) is 2.68. The Morgan fingerprint density at radius 1 is 1.29 bits per heavy atom. The van der Waals surface area contributed by atoms with Crippen molar-refractivity contribution in [1.29, 1.82) is 0 Å². The number of likely N-dealkylation sites (N-methyl/N-ethyl adjacent to an activating group) is 1. The minimum atomic E-state index is -0.196. The molecule has 0 bridgehead atoms. The number of rotatable bonds is 6. The van der Waals surface area contributed by atoms with Gasteiger partial charge in [0, 0.05) is 0 Å². The Hall–Kier alpha value is -0.280. The highest BCUT2D eigenvalue weighted by atomic mass is 35.5. The second-order valence-corrected chi connectivity index (χ2v) is 3.45. The predicted molar refractivity (Wildman–Crippen MR) is 62.6 cm³/mol. The van der Waals surface area contributed by atoms with E-state index in [1.165, 1.54) is 0 Å². The second-order valence-electron chi connectivity index (χ2n) is 3.45. The lowest BCUT2D eigenvalue weighted by Gasteiger charge is -2.31.